The number of halogens is 2. The van der Waals surface area contributed by atoms with Gasteiger partial charge < -0.3 is 14.4 Å². The van der Waals surface area contributed by atoms with Gasteiger partial charge in [0.05, 0.1) is 35.6 Å². The molecule has 0 unspecified atom stereocenters. The Labute approximate surface area is 227 Å². The second-order valence-electron chi connectivity index (χ2n) is 8.41. The van der Waals surface area contributed by atoms with Gasteiger partial charge in [0, 0.05) is 16.8 Å². The van der Waals surface area contributed by atoms with E-state index in [9.17, 15) is 0 Å². The van der Waals surface area contributed by atoms with Crippen molar-refractivity contribution in [3.63, 3.8) is 0 Å². The van der Waals surface area contributed by atoms with Gasteiger partial charge in [0.2, 0.25) is 0 Å². The zero-order valence-corrected chi connectivity index (χ0v) is 22.0. The molecular weight excluding hydrogens is 501 g/mol. The molecule has 0 aliphatic rings. The summed E-state index contributed by atoms with van der Waals surface area (Å²) in [6, 6.07) is 37.9. The van der Waals surface area contributed by atoms with E-state index in [0.29, 0.717) is 10.0 Å². The first-order valence-corrected chi connectivity index (χ1v) is 12.6. The molecule has 0 aliphatic heterocycles. The summed E-state index contributed by atoms with van der Waals surface area (Å²) in [6.45, 7) is 0. The number of para-hydroxylation sites is 4. The highest BCUT2D eigenvalue weighted by Gasteiger charge is 2.20. The summed E-state index contributed by atoms with van der Waals surface area (Å²) in [4.78, 5) is 2.09. The van der Waals surface area contributed by atoms with Gasteiger partial charge in [0.25, 0.3) is 0 Å². The molecule has 0 saturated heterocycles. The van der Waals surface area contributed by atoms with Crippen molar-refractivity contribution in [1.82, 2.24) is 0 Å². The van der Waals surface area contributed by atoms with Crippen molar-refractivity contribution < 1.29 is 9.47 Å². The predicted octanol–water partition coefficient (Wildman–Crippen LogP) is 9.81. The molecule has 0 aromatic heterocycles. The highest BCUT2D eigenvalue weighted by atomic mass is 35.5. The van der Waals surface area contributed by atoms with Gasteiger partial charge in [-0.2, -0.15) is 0 Å². The van der Waals surface area contributed by atoms with E-state index >= 15 is 0 Å². The lowest BCUT2D eigenvalue weighted by Gasteiger charge is -2.28. The maximum Gasteiger partial charge on any atom is 0.126 e. The third-order valence-corrected chi connectivity index (χ3v) is 6.84. The summed E-state index contributed by atoms with van der Waals surface area (Å²) in [5.74, 6) is 1.57. The number of hydrogen-bond acceptors (Lipinski definition) is 3. The smallest absolute Gasteiger partial charge is 0.126 e. The molecule has 0 saturated carbocycles. The maximum atomic E-state index is 6.76. The van der Waals surface area contributed by atoms with Crippen molar-refractivity contribution in [2.75, 3.05) is 19.1 Å². The van der Waals surface area contributed by atoms with Gasteiger partial charge in [-0.15, -0.1) is 0 Å². The van der Waals surface area contributed by atoms with E-state index in [2.05, 4.69) is 35.2 Å². The van der Waals surface area contributed by atoms with Crippen molar-refractivity contribution in [1.29, 1.82) is 0 Å². The van der Waals surface area contributed by atoms with E-state index in [4.69, 9.17) is 32.7 Å². The fourth-order valence-corrected chi connectivity index (χ4v) is 4.93. The highest BCUT2D eigenvalue weighted by molar-refractivity contribution is 6.35. The van der Waals surface area contributed by atoms with Crippen LogP contribution in [-0.4, -0.2) is 14.2 Å². The average Bonchev–Trinajstić information content (AvgIpc) is 2.95. The summed E-state index contributed by atoms with van der Waals surface area (Å²) in [6.07, 6.45) is 0. The molecule has 0 radical (unpaired) electrons. The van der Waals surface area contributed by atoms with Crippen LogP contribution in [-0.2, 0) is 0 Å². The Bertz CT molecular complexity index is 1440. The van der Waals surface area contributed by atoms with Gasteiger partial charge in [0.15, 0.2) is 0 Å². The molecule has 0 N–H and O–H groups in total. The molecule has 0 aliphatic carbocycles. The summed E-state index contributed by atoms with van der Waals surface area (Å²) in [5, 5.41) is 1.23. The first kappa shape index (κ1) is 24.8. The van der Waals surface area contributed by atoms with Crippen molar-refractivity contribution in [2.24, 2.45) is 0 Å². The van der Waals surface area contributed by atoms with E-state index in [1.165, 1.54) is 0 Å². The van der Waals surface area contributed by atoms with Gasteiger partial charge in [-0.25, -0.2) is 0 Å². The normalized spacial score (nSPS) is 10.7. The molecule has 5 heteroatoms. The van der Waals surface area contributed by atoms with Crippen LogP contribution in [0.15, 0.2) is 115 Å². The van der Waals surface area contributed by atoms with Crippen LogP contribution in [0.4, 0.5) is 17.1 Å². The molecule has 184 valence electrons. The van der Waals surface area contributed by atoms with Crippen LogP contribution in [0.5, 0.6) is 11.5 Å². The lowest BCUT2D eigenvalue weighted by Crippen LogP contribution is -2.11. The van der Waals surface area contributed by atoms with Gasteiger partial charge in [-0.1, -0.05) is 83.9 Å². The highest BCUT2D eigenvalue weighted by Crippen LogP contribution is 2.45. The van der Waals surface area contributed by atoms with Crippen LogP contribution in [0.1, 0.15) is 0 Å². The summed E-state index contributed by atoms with van der Waals surface area (Å²) in [7, 11) is 3.37. The predicted molar refractivity (Wildman–Crippen MR) is 155 cm³/mol. The molecular formula is C32H25Cl2NO2. The van der Waals surface area contributed by atoms with Crippen molar-refractivity contribution in [2.45, 2.75) is 0 Å². The number of rotatable bonds is 7. The molecule has 5 aromatic carbocycles. The fourth-order valence-electron chi connectivity index (χ4n) is 4.49. The van der Waals surface area contributed by atoms with Crippen LogP contribution in [0.2, 0.25) is 10.0 Å². The third-order valence-electron chi connectivity index (χ3n) is 6.20. The van der Waals surface area contributed by atoms with Crippen molar-refractivity contribution >= 4 is 40.3 Å². The summed E-state index contributed by atoms with van der Waals surface area (Å²) < 4.78 is 11.4. The van der Waals surface area contributed by atoms with Crippen molar-refractivity contribution in [3.05, 3.63) is 125 Å². The Morgan fingerprint density at radius 1 is 0.514 bits per heavy atom. The minimum Gasteiger partial charge on any atom is -0.496 e. The first-order valence-electron chi connectivity index (χ1n) is 11.8. The van der Waals surface area contributed by atoms with Gasteiger partial charge in [-0.3, -0.25) is 0 Å². The lowest BCUT2D eigenvalue weighted by molar-refractivity contribution is 0.416. The zero-order chi connectivity index (χ0) is 25.8. The van der Waals surface area contributed by atoms with E-state index in [0.717, 1.165) is 50.8 Å². The third kappa shape index (κ3) is 5.01. The van der Waals surface area contributed by atoms with E-state index < -0.39 is 0 Å². The SMILES string of the molecule is COc1ccccc1-c1cc(-c2ccccc2OC)cc(N(c2ccccc2Cl)c2ccccc2Cl)c1. The van der Waals surface area contributed by atoms with E-state index in [1.54, 1.807) is 14.2 Å². The molecule has 0 bridgehead atoms. The van der Waals surface area contributed by atoms with Crippen LogP contribution in [0.25, 0.3) is 22.3 Å². The molecule has 0 atom stereocenters. The van der Waals surface area contributed by atoms with Crippen LogP contribution >= 0.6 is 23.2 Å². The Hall–Kier alpha value is -3.92. The van der Waals surface area contributed by atoms with E-state index in [1.807, 2.05) is 84.9 Å². The molecule has 3 nitrogen and oxygen atoms in total. The maximum absolute atomic E-state index is 6.76. The average molecular weight is 526 g/mol. The molecule has 37 heavy (non-hydrogen) atoms. The minimum atomic E-state index is 0.615. The molecule has 0 fully saturated rings. The second kappa shape index (κ2) is 11.0. The number of nitrogens with zero attached hydrogens (tertiary/aromatic N) is 1. The van der Waals surface area contributed by atoms with Crippen molar-refractivity contribution in [3.8, 4) is 33.8 Å². The molecule has 0 spiro atoms. The Kier molecular flexibility index (Phi) is 7.36. The van der Waals surface area contributed by atoms with Crippen LogP contribution in [0.3, 0.4) is 0 Å². The topological polar surface area (TPSA) is 21.7 Å². The van der Waals surface area contributed by atoms with Gasteiger partial charge in [-0.05, 0) is 65.7 Å². The molecule has 5 rings (SSSR count). The monoisotopic (exact) mass is 525 g/mol. The fraction of sp³-hybridized carbons (Fsp3) is 0.0625. The zero-order valence-electron chi connectivity index (χ0n) is 20.5. The lowest BCUT2D eigenvalue weighted by atomic mass is 9.96. The first-order chi connectivity index (χ1) is 18.1. The van der Waals surface area contributed by atoms with E-state index in [-0.39, 0.29) is 0 Å². The summed E-state index contributed by atoms with van der Waals surface area (Å²) in [5.41, 5.74) is 6.45. The quantitative estimate of drug-likeness (QED) is 0.211. The number of methoxy groups -OCH3 is 2. The number of ether oxygens (including phenoxy) is 2. The van der Waals surface area contributed by atoms with Gasteiger partial charge in [0.1, 0.15) is 11.5 Å². The standard InChI is InChI=1S/C32H25Cl2NO2/c1-36-31-17-9-3-11-25(31)22-19-23(26-12-4-10-18-32(26)37-2)21-24(20-22)35(29-15-7-5-13-27(29)33)30-16-8-6-14-28(30)34/h3-21H,1-2H3. The minimum absolute atomic E-state index is 0.615. The Morgan fingerprint density at radius 2 is 0.919 bits per heavy atom. The molecule has 5 aromatic rings. The number of benzene rings is 5. The molecule has 0 heterocycles. The summed E-state index contributed by atoms with van der Waals surface area (Å²) >= 11 is 13.5. The largest absolute Gasteiger partial charge is 0.496 e. The second-order valence-corrected chi connectivity index (χ2v) is 9.22. The Balaban J connectivity index is 1.83. The van der Waals surface area contributed by atoms with Crippen LogP contribution in [0, 0.1) is 0 Å². The number of hydrogen-bond donors (Lipinski definition) is 0. The number of anilines is 3. The Morgan fingerprint density at radius 3 is 1.35 bits per heavy atom. The molecule has 0 amide bonds. The van der Waals surface area contributed by atoms with Gasteiger partial charge >= 0.3 is 0 Å². The van der Waals surface area contributed by atoms with Crippen LogP contribution < -0.4 is 14.4 Å².